The molecule has 0 aromatic heterocycles. The summed E-state index contributed by atoms with van der Waals surface area (Å²) in [6.07, 6.45) is 4.89. The van der Waals surface area contributed by atoms with Crippen molar-refractivity contribution in [3.05, 3.63) is 0 Å². The minimum atomic E-state index is -0.739. The number of piperazine rings is 1. The standard InChI is InChI=1S/C16H25N3O4S/c1-2-23-14(21)10-12-15(22)17-7-8-19(12)16(24)18-13(20)9-11-5-3-4-6-11/h11-12H,2-10H2,1H3,(H,17,22)(H,18,20,24). The zero-order chi connectivity index (χ0) is 17.5. The van der Waals surface area contributed by atoms with Crippen molar-refractivity contribution >= 4 is 35.1 Å². The normalized spacial score (nSPS) is 21.3. The van der Waals surface area contributed by atoms with Gasteiger partial charge in [-0.1, -0.05) is 12.8 Å². The average Bonchev–Trinajstić information content (AvgIpc) is 3.02. The summed E-state index contributed by atoms with van der Waals surface area (Å²) in [5, 5.41) is 5.64. The van der Waals surface area contributed by atoms with Gasteiger partial charge in [-0.15, -0.1) is 0 Å². The van der Waals surface area contributed by atoms with Crippen molar-refractivity contribution in [2.45, 2.75) is 51.5 Å². The predicted molar refractivity (Wildman–Crippen MR) is 92.1 cm³/mol. The fourth-order valence-corrected chi connectivity index (χ4v) is 3.59. The van der Waals surface area contributed by atoms with Crippen molar-refractivity contribution in [1.29, 1.82) is 0 Å². The summed E-state index contributed by atoms with van der Waals surface area (Å²) in [6.45, 7) is 2.86. The molecular formula is C16H25N3O4S. The van der Waals surface area contributed by atoms with Crippen LogP contribution in [0.15, 0.2) is 0 Å². The Morgan fingerprint density at radius 3 is 2.71 bits per heavy atom. The fourth-order valence-electron chi connectivity index (χ4n) is 3.26. The molecule has 1 saturated heterocycles. The molecular weight excluding hydrogens is 330 g/mol. The molecule has 1 atom stereocenters. The minimum Gasteiger partial charge on any atom is -0.466 e. The molecule has 1 saturated carbocycles. The molecule has 7 nitrogen and oxygen atoms in total. The number of rotatable bonds is 5. The first-order valence-corrected chi connectivity index (χ1v) is 8.96. The van der Waals surface area contributed by atoms with Crippen LogP contribution in [0.5, 0.6) is 0 Å². The van der Waals surface area contributed by atoms with E-state index in [0.29, 0.717) is 25.4 Å². The summed E-state index contributed by atoms with van der Waals surface area (Å²) in [6, 6.07) is -0.739. The number of carbonyl (C=O) groups is 3. The molecule has 0 aromatic carbocycles. The SMILES string of the molecule is CCOC(=O)CC1C(=O)NCCN1C(=S)NC(=O)CC1CCCC1. The van der Waals surface area contributed by atoms with E-state index in [9.17, 15) is 14.4 Å². The van der Waals surface area contributed by atoms with Crippen molar-refractivity contribution in [2.24, 2.45) is 5.92 Å². The van der Waals surface area contributed by atoms with Gasteiger partial charge in [0.15, 0.2) is 5.11 Å². The minimum absolute atomic E-state index is 0.0850. The van der Waals surface area contributed by atoms with Gasteiger partial charge in [-0.2, -0.15) is 0 Å². The lowest BCUT2D eigenvalue weighted by Crippen LogP contribution is -2.60. The summed E-state index contributed by atoms with van der Waals surface area (Å²) in [5.41, 5.74) is 0. The van der Waals surface area contributed by atoms with Gasteiger partial charge in [0.25, 0.3) is 0 Å². The van der Waals surface area contributed by atoms with Crippen LogP contribution in [-0.4, -0.2) is 53.5 Å². The lowest BCUT2D eigenvalue weighted by molar-refractivity contribution is -0.147. The Morgan fingerprint density at radius 1 is 1.33 bits per heavy atom. The van der Waals surface area contributed by atoms with Gasteiger partial charge in [-0.05, 0) is 37.9 Å². The highest BCUT2D eigenvalue weighted by Crippen LogP contribution is 2.27. The third-order valence-corrected chi connectivity index (χ3v) is 4.79. The Hall–Kier alpha value is -1.70. The third-order valence-electron chi connectivity index (χ3n) is 4.45. The number of hydrogen-bond donors (Lipinski definition) is 2. The van der Waals surface area contributed by atoms with Crippen LogP contribution in [0.25, 0.3) is 0 Å². The van der Waals surface area contributed by atoms with Gasteiger partial charge in [0.2, 0.25) is 11.8 Å². The van der Waals surface area contributed by atoms with Crippen LogP contribution in [0.4, 0.5) is 0 Å². The molecule has 0 aromatic rings. The van der Waals surface area contributed by atoms with E-state index in [2.05, 4.69) is 10.6 Å². The average molecular weight is 355 g/mol. The van der Waals surface area contributed by atoms with E-state index >= 15 is 0 Å². The molecule has 24 heavy (non-hydrogen) atoms. The lowest BCUT2D eigenvalue weighted by atomic mass is 10.0. The molecule has 0 radical (unpaired) electrons. The summed E-state index contributed by atoms with van der Waals surface area (Å²) < 4.78 is 4.91. The van der Waals surface area contributed by atoms with Crippen molar-refractivity contribution < 1.29 is 19.1 Å². The van der Waals surface area contributed by atoms with Gasteiger partial charge in [-0.3, -0.25) is 14.4 Å². The zero-order valence-electron chi connectivity index (χ0n) is 14.0. The lowest BCUT2D eigenvalue weighted by Gasteiger charge is -2.36. The summed E-state index contributed by atoms with van der Waals surface area (Å²) in [5.74, 6) is -0.424. The topological polar surface area (TPSA) is 87.7 Å². The highest BCUT2D eigenvalue weighted by molar-refractivity contribution is 7.80. The second kappa shape index (κ2) is 8.96. The van der Waals surface area contributed by atoms with Crippen LogP contribution in [0.1, 0.15) is 45.4 Å². The van der Waals surface area contributed by atoms with Crippen molar-refractivity contribution in [3.8, 4) is 0 Å². The van der Waals surface area contributed by atoms with Gasteiger partial charge in [0.05, 0.1) is 13.0 Å². The Bertz CT molecular complexity index is 506. The molecule has 2 N–H and O–H groups in total. The van der Waals surface area contributed by atoms with E-state index in [1.807, 2.05) is 0 Å². The van der Waals surface area contributed by atoms with Crippen molar-refractivity contribution in [3.63, 3.8) is 0 Å². The Kier molecular flexibility index (Phi) is 6.96. The van der Waals surface area contributed by atoms with E-state index in [1.54, 1.807) is 11.8 Å². The second-order valence-electron chi connectivity index (χ2n) is 6.22. The Morgan fingerprint density at radius 2 is 2.04 bits per heavy atom. The van der Waals surface area contributed by atoms with Crippen molar-refractivity contribution in [1.82, 2.24) is 15.5 Å². The second-order valence-corrected chi connectivity index (χ2v) is 6.60. The first-order valence-electron chi connectivity index (χ1n) is 8.55. The van der Waals surface area contributed by atoms with Crippen LogP contribution >= 0.6 is 12.2 Å². The smallest absolute Gasteiger partial charge is 0.308 e. The summed E-state index contributed by atoms with van der Waals surface area (Å²) in [7, 11) is 0. The highest BCUT2D eigenvalue weighted by Gasteiger charge is 2.34. The van der Waals surface area contributed by atoms with Crippen LogP contribution < -0.4 is 10.6 Å². The van der Waals surface area contributed by atoms with Gasteiger partial charge in [0, 0.05) is 19.5 Å². The van der Waals surface area contributed by atoms with E-state index in [1.165, 1.54) is 12.8 Å². The van der Waals surface area contributed by atoms with Crippen LogP contribution in [0, 0.1) is 5.92 Å². The first kappa shape index (κ1) is 18.6. The molecule has 0 spiro atoms. The molecule has 1 aliphatic carbocycles. The summed E-state index contributed by atoms with van der Waals surface area (Å²) >= 11 is 5.30. The highest BCUT2D eigenvalue weighted by atomic mass is 32.1. The number of amides is 2. The quantitative estimate of drug-likeness (QED) is 0.558. The number of thiocarbonyl (C=S) groups is 1. The summed E-state index contributed by atoms with van der Waals surface area (Å²) in [4.78, 5) is 37.6. The Balaban J connectivity index is 1.92. The Labute approximate surface area is 147 Å². The molecule has 134 valence electrons. The van der Waals surface area contributed by atoms with Crippen molar-refractivity contribution in [2.75, 3.05) is 19.7 Å². The number of nitrogens with one attached hydrogen (secondary N) is 2. The largest absolute Gasteiger partial charge is 0.466 e. The first-order chi connectivity index (χ1) is 11.5. The van der Waals surface area contributed by atoms with E-state index < -0.39 is 12.0 Å². The fraction of sp³-hybridized carbons (Fsp3) is 0.750. The van der Waals surface area contributed by atoms with E-state index in [0.717, 1.165) is 12.8 Å². The van der Waals surface area contributed by atoms with Crippen LogP contribution in [0.2, 0.25) is 0 Å². The predicted octanol–water partition coefficient (Wildman–Crippen LogP) is 0.721. The number of nitrogens with zero attached hydrogens (tertiary/aromatic N) is 1. The maximum absolute atomic E-state index is 12.1. The van der Waals surface area contributed by atoms with Crippen LogP contribution in [-0.2, 0) is 19.1 Å². The molecule has 2 rings (SSSR count). The molecule has 1 aliphatic heterocycles. The molecule has 1 heterocycles. The van der Waals surface area contributed by atoms with Gasteiger partial charge >= 0.3 is 5.97 Å². The maximum Gasteiger partial charge on any atom is 0.308 e. The molecule has 2 amide bonds. The molecule has 8 heteroatoms. The molecule has 1 unspecified atom stereocenters. The number of ether oxygens (including phenoxy) is 1. The number of hydrogen-bond acceptors (Lipinski definition) is 5. The third kappa shape index (κ3) is 5.15. The van der Waals surface area contributed by atoms with E-state index in [-0.39, 0.29) is 30.0 Å². The molecule has 2 fully saturated rings. The molecule has 0 bridgehead atoms. The van der Waals surface area contributed by atoms with Gasteiger partial charge < -0.3 is 20.3 Å². The van der Waals surface area contributed by atoms with E-state index in [4.69, 9.17) is 17.0 Å². The maximum atomic E-state index is 12.1. The monoisotopic (exact) mass is 355 g/mol. The van der Waals surface area contributed by atoms with Gasteiger partial charge in [-0.25, -0.2) is 0 Å². The zero-order valence-corrected chi connectivity index (χ0v) is 14.8. The molecule has 2 aliphatic rings. The number of esters is 1. The van der Waals surface area contributed by atoms with Crippen LogP contribution in [0.3, 0.4) is 0 Å². The number of carbonyl (C=O) groups excluding carboxylic acids is 3. The van der Waals surface area contributed by atoms with Gasteiger partial charge in [0.1, 0.15) is 6.04 Å².